The quantitative estimate of drug-likeness (QED) is 0.509. The van der Waals surface area contributed by atoms with Crippen LogP contribution in [0, 0.1) is 20.8 Å². The first kappa shape index (κ1) is 26.1. The molecule has 1 atom stereocenters. The van der Waals surface area contributed by atoms with Crippen molar-refractivity contribution in [3.8, 4) is 0 Å². The van der Waals surface area contributed by atoms with Gasteiger partial charge in [0, 0.05) is 38.3 Å². The fraction of sp³-hybridized carbons (Fsp3) is 0.345. The van der Waals surface area contributed by atoms with Crippen molar-refractivity contribution in [1.82, 2.24) is 14.5 Å². The number of nitrogens with zero attached hydrogens (tertiary/aromatic N) is 2. The Balaban J connectivity index is 1.32. The highest BCUT2D eigenvalue weighted by Gasteiger charge is 2.28. The van der Waals surface area contributed by atoms with Crippen LogP contribution in [0.2, 0.25) is 0 Å². The number of benzene rings is 3. The van der Waals surface area contributed by atoms with Crippen LogP contribution in [-0.2, 0) is 16.6 Å². The minimum atomic E-state index is -3.45. The van der Waals surface area contributed by atoms with Gasteiger partial charge in [0.25, 0.3) is 5.91 Å². The number of hydrogen-bond acceptors (Lipinski definition) is 4. The molecule has 0 aliphatic carbocycles. The Morgan fingerprint density at radius 3 is 2.11 bits per heavy atom. The van der Waals surface area contributed by atoms with E-state index >= 15 is 0 Å². The van der Waals surface area contributed by atoms with Crippen molar-refractivity contribution in [2.75, 3.05) is 26.2 Å². The van der Waals surface area contributed by atoms with Crippen molar-refractivity contribution < 1.29 is 13.2 Å². The molecule has 1 heterocycles. The van der Waals surface area contributed by atoms with Crippen molar-refractivity contribution in [2.24, 2.45) is 0 Å². The van der Waals surface area contributed by atoms with Crippen molar-refractivity contribution >= 4 is 15.9 Å². The first-order valence-corrected chi connectivity index (χ1v) is 13.8. The van der Waals surface area contributed by atoms with Crippen LogP contribution in [-0.4, -0.2) is 49.7 Å². The lowest BCUT2D eigenvalue weighted by Gasteiger charge is -2.34. The van der Waals surface area contributed by atoms with E-state index in [1.807, 2.05) is 37.3 Å². The highest BCUT2D eigenvalue weighted by molar-refractivity contribution is 7.89. The third-order valence-corrected chi connectivity index (χ3v) is 8.94. The maximum atomic E-state index is 12.9. The number of carbonyl (C=O) groups excluding carboxylic acids is 1. The lowest BCUT2D eigenvalue weighted by Crippen LogP contribution is -2.48. The Morgan fingerprint density at radius 1 is 0.861 bits per heavy atom. The number of carbonyl (C=O) groups is 1. The molecule has 1 amide bonds. The second kappa shape index (κ2) is 10.9. The molecule has 0 spiro atoms. The first-order valence-electron chi connectivity index (χ1n) is 12.4. The number of amides is 1. The van der Waals surface area contributed by atoms with Crippen LogP contribution >= 0.6 is 0 Å². The van der Waals surface area contributed by atoms with E-state index in [9.17, 15) is 13.2 Å². The van der Waals surface area contributed by atoms with E-state index in [2.05, 4.69) is 43.1 Å². The predicted octanol–water partition coefficient (Wildman–Crippen LogP) is 4.61. The van der Waals surface area contributed by atoms with E-state index in [1.165, 1.54) is 16.7 Å². The molecule has 1 aliphatic heterocycles. The third-order valence-electron chi connectivity index (χ3n) is 7.03. The zero-order valence-corrected chi connectivity index (χ0v) is 22.3. The Bertz CT molecular complexity index is 1310. The van der Waals surface area contributed by atoms with Crippen molar-refractivity contribution in [2.45, 2.75) is 45.2 Å². The second-order valence-corrected chi connectivity index (χ2v) is 11.6. The molecule has 1 fully saturated rings. The number of sulfonamides is 1. The normalized spacial score (nSPS) is 16.0. The highest BCUT2D eigenvalue weighted by atomic mass is 32.2. The zero-order chi connectivity index (χ0) is 25.9. The molecule has 3 aromatic rings. The molecule has 1 aliphatic rings. The van der Waals surface area contributed by atoms with Crippen LogP contribution in [0.5, 0.6) is 0 Å². The molecule has 4 rings (SSSR count). The third kappa shape index (κ3) is 5.86. The molecule has 3 aromatic carbocycles. The van der Waals surface area contributed by atoms with Gasteiger partial charge in [0.2, 0.25) is 10.0 Å². The number of hydrogen-bond donors (Lipinski definition) is 1. The van der Waals surface area contributed by atoms with Crippen LogP contribution in [0.1, 0.15) is 51.1 Å². The molecular weight excluding hydrogens is 470 g/mol. The van der Waals surface area contributed by atoms with Crippen LogP contribution in [0.3, 0.4) is 0 Å². The molecule has 7 heteroatoms. The molecule has 1 saturated heterocycles. The average molecular weight is 506 g/mol. The van der Waals surface area contributed by atoms with Gasteiger partial charge in [0.1, 0.15) is 0 Å². The van der Waals surface area contributed by atoms with Crippen LogP contribution in [0.4, 0.5) is 0 Å². The molecule has 0 unspecified atom stereocenters. The Hall–Kier alpha value is -3.00. The van der Waals surface area contributed by atoms with E-state index in [0.29, 0.717) is 36.6 Å². The summed E-state index contributed by atoms with van der Waals surface area (Å²) in [6, 6.07) is 20.5. The van der Waals surface area contributed by atoms with Gasteiger partial charge in [-0.15, -0.1) is 0 Å². The Kier molecular flexibility index (Phi) is 7.93. The molecule has 190 valence electrons. The van der Waals surface area contributed by atoms with Gasteiger partial charge in [-0.2, -0.15) is 4.31 Å². The Morgan fingerprint density at radius 2 is 1.47 bits per heavy atom. The molecule has 0 radical (unpaired) electrons. The van der Waals surface area contributed by atoms with E-state index < -0.39 is 10.0 Å². The van der Waals surface area contributed by atoms with E-state index in [-0.39, 0.29) is 11.9 Å². The summed E-state index contributed by atoms with van der Waals surface area (Å²) in [7, 11) is -3.45. The van der Waals surface area contributed by atoms with E-state index in [1.54, 1.807) is 28.6 Å². The molecule has 36 heavy (non-hydrogen) atoms. The lowest BCUT2D eigenvalue weighted by atomic mass is 9.96. The monoisotopic (exact) mass is 505 g/mol. The maximum absolute atomic E-state index is 12.9. The van der Waals surface area contributed by atoms with E-state index in [4.69, 9.17) is 0 Å². The fourth-order valence-electron chi connectivity index (χ4n) is 4.70. The van der Waals surface area contributed by atoms with Crippen LogP contribution < -0.4 is 5.32 Å². The molecule has 0 aromatic heterocycles. The van der Waals surface area contributed by atoms with Gasteiger partial charge < -0.3 is 5.32 Å². The number of piperazine rings is 1. The van der Waals surface area contributed by atoms with Gasteiger partial charge in [-0.1, -0.05) is 42.5 Å². The summed E-state index contributed by atoms with van der Waals surface area (Å²) in [6.45, 7) is 11.3. The number of rotatable bonds is 7. The second-order valence-electron chi connectivity index (χ2n) is 9.68. The Labute approximate surface area is 215 Å². The molecule has 0 saturated carbocycles. The predicted molar refractivity (Wildman–Crippen MR) is 143 cm³/mol. The summed E-state index contributed by atoms with van der Waals surface area (Å²) in [5, 5.41) is 3.12. The summed E-state index contributed by atoms with van der Waals surface area (Å²) in [5.41, 5.74) is 6.52. The SMILES string of the molecule is Cc1cc(C)c([C@@H](C)NC(=O)c2ccc(CN3CCN(S(=O)(=O)c4ccccc4)CC3)cc2)cc1C. The van der Waals surface area contributed by atoms with Crippen molar-refractivity contribution in [3.63, 3.8) is 0 Å². The zero-order valence-electron chi connectivity index (χ0n) is 21.5. The van der Waals surface area contributed by atoms with Crippen molar-refractivity contribution in [3.05, 3.63) is 100 Å². The summed E-state index contributed by atoms with van der Waals surface area (Å²) in [5.74, 6) is -0.0913. The minimum Gasteiger partial charge on any atom is -0.346 e. The first-order chi connectivity index (χ1) is 17.1. The average Bonchev–Trinajstić information content (AvgIpc) is 2.87. The molecular formula is C29H35N3O3S. The topological polar surface area (TPSA) is 69.7 Å². The summed E-state index contributed by atoms with van der Waals surface area (Å²) in [6.07, 6.45) is 0. The van der Waals surface area contributed by atoms with Crippen molar-refractivity contribution in [1.29, 1.82) is 0 Å². The van der Waals surface area contributed by atoms with Gasteiger partial charge in [0.15, 0.2) is 0 Å². The summed E-state index contributed by atoms with van der Waals surface area (Å²) < 4.78 is 27.2. The molecule has 0 bridgehead atoms. The summed E-state index contributed by atoms with van der Waals surface area (Å²) >= 11 is 0. The maximum Gasteiger partial charge on any atom is 0.251 e. The largest absolute Gasteiger partial charge is 0.346 e. The smallest absolute Gasteiger partial charge is 0.251 e. The minimum absolute atomic E-state index is 0.0834. The van der Waals surface area contributed by atoms with Gasteiger partial charge >= 0.3 is 0 Å². The van der Waals surface area contributed by atoms with Gasteiger partial charge in [-0.05, 0) is 79.8 Å². The summed E-state index contributed by atoms with van der Waals surface area (Å²) in [4.78, 5) is 15.4. The fourth-order valence-corrected chi connectivity index (χ4v) is 6.14. The van der Waals surface area contributed by atoms with Crippen LogP contribution in [0.15, 0.2) is 71.6 Å². The standard InChI is InChI=1S/C29H35N3O3S/c1-21-18-23(3)28(19-22(21)2)24(4)30-29(33)26-12-10-25(11-13-26)20-31-14-16-32(17-15-31)36(34,35)27-8-6-5-7-9-27/h5-13,18-19,24H,14-17,20H2,1-4H3,(H,30,33)/t24-/m1/s1. The van der Waals surface area contributed by atoms with Gasteiger partial charge in [-0.25, -0.2) is 8.42 Å². The van der Waals surface area contributed by atoms with Crippen LogP contribution in [0.25, 0.3) is 0 Å². The molecule has 6 nitrogen and oxygen atoms in total. The van der Waals surface area contributed by atoms with Gasteiger partial charge in [0.05, 0.1) is 10.9 Å². The highest BCUT2D eigenvalue weighted by Crippen LogP contribution is 2.22. The molecule has 1 N–H and O–H groups in total. The lowest BCUT2D eigenvalue weighted by molar-refractivity contribution is 0.0939. The number of nitrogens with one attached hydrogen (secondary N) is 1. The van der Waals surface area contributed by atoms with E-state index in [0.717, 1.165) is 17.7 Å². The number of aryl methyl sites for hydroxylation is 3. The van der Waals surface area contributed by atoms with Gasteiger partial charge in [-0.3, -0.25) is 9.69 Å².